The second-order valence-corrected chi connectivity index (χ2v) is 6.19. The van der Waals surface area contributed by atoms with Gasteiger partial charge in [0.25, 0.3) is 0 Å². The minimum absolute atomic E-state index is 0.0927. The maximum absolute atomic E-state index is 13.3. The third-order valence-electron chi connectivity index (χ3n) is 4.30. The fraction of sp³-hybridized carbons (Fsp3) is 0.0455. The van der Waals surface area contributed by atoms with Crippen LogP contribution in [0.2, 0.25) is 0 Å². The van der Waals surface area contributed by atoms with Gasteiger partial charge in [0.15, 0.2) is 5.76 Å². The number of carbonyl (C=O) groups is 2. The first kappa shape index (κ1) is 17.6. The molecule has 138 valence electrons. The first-order chi connectivity index (χ1) is 13.5. The molecule has 0 saturated heterocycles. The lowest BCUT2D eigenvalue weighted by atomic mass is 10.1. The number of rotatable bonds is 3. The fourth-order valence-electron chi connectivity index (χ4n) is 2.86. The maximum Gasteiger partial charge on any atom is 0.343 e. The van der Waals surface area contributed by atoms with Crippen LogP contribution in [0.3, 0.4) is 0 Å². The molecular formula is C22H14FNO4. The topological polar surface area (TPSA) is 65.5 Å². The zero-order valence-electron chi connectivity index (χ0n) is 14.8. The summed E-state index contributed by atoms with van der Waals surface area (Å²) in [5, 5.41) is 0. The molecule has 6 heteroatoms. The van der Waals surface area contributed by atoms with Crippen LogP contribution in [0.1, 0.15) is 31.8 Å². The van der Waals surface area contributed by atoms with Crippen molar-refractivity contribution in [1.29, 1.82) is 0 Å². The van der Waals surface area contributed by atoms with Crippen molar-refractivity contribution < 1.29 is 23.5 Å². The van der Waals surface area contributed by atoms with E-state index in [9.17, 15) is 14.0 Å². The number of nitrogens with zero attached hydrogens (tertiary/aromatic N) is 1. The van der Waals surface area contributed by atoms with Crippen molar-refractivity contribution >= 4 is 17.8 Å². The average molecular weight is 375 g/mol. The van der Waals surface area contributed by atoms with Crippen LogP contribution in [-0.4, -0.2) is 16.7 Å². The summed E-state index contributed by atoms with van der Waals surface area (Å²) in [6, 6.07) is 11.8. The van der Waals surface area contributed by atoms with E-state index in [0.717, 1.165) is 11.6 Å². The van der Waals surface area contributed by atoms with Gasteiger partial charge in [-0.05, 0) is 61.0 Å². The quantitative estimate of drug-likeness (QED) is 0.386. The van der Waals surface area contributed by atoms with Crippen LogP contribution < -0.4 is 9.47 Å². The van der Waals surface area contributed by atoms with Crippen LogP contribution in [0, 0.1) is 12.7 Å². The number of allylic oxidation sites excluding steroid dienone is 1. The van der Waals surface area contributed by atoms with Crippen LogP contribution in [0.25, 0.3) is 6.08 Å². The van der Waals surface area contributed by atoms with E-state index in [1.165, 1.54) is 24.3 Å². The standard InChI is InChI=1S/C22H14FNO4/c1-13-18(28-22(26)15-3-2-4-16(23)12-15)6-5-17-20(25)19(27-21(13)17)11-14-7-9-24-10-8-14/h2-12H,1H3/b19-11-. The normalized spacial score (nSPS) is 13.9. The molecule has 0 unspecified atom stereocenters. The number of aromatic nitrogens is 1. The van der Waals surface area contributed by atoms with Gasteiger partial charge in [0.05, 0.1) is 11.1 Å². The van der Waals surface area contributed by atoms with Crippen molar-refractivity contribution in [3.05, 3.63) is 94.8 Å². The number of fused-ring (bicyclic) bond motifs is 1. The molecule has 0 bridgehead atoms. The van der Waals surface area contributed by atoms with Crippen molar-refractivity contribution in [2.24, 2.45) is 0 Å². The van der Waals surface area contributed by atoms with Crippen LogP contribution in [0.5, 0.6) is 11.5 Å². The zero-order valence-corrected chi connectivity index (χ0v) is 14.8. The largest absolute Gasteiger partial charge is 0.452 e. The highest BCUT2D eigenvalue weighted by molar-refractivity contribution is 6.15. The lowest BCUT2D eigenvalue weighted by Crippen LogP contribution is -2.09. The Morgan fingerprint density at radius 3 is 2.68 bits per heavy atom. The van der Waals surface area contributed by atoms with Crippen LogP contribution in [0.15, 0.2) is 66.7 Å². The summed E-state index contributed by atoms with van der Waals surface area (Å²) in [4.78, 5) is 28.8. The molecule has 0 fully saturated rings. The molecule has 3 aromatic rings. The average Bonchev–Trinajstić information content (AvgIpc) is 3.01. The van der Waals surface area contributed by atoms with Gasteiger partial charge in [0.2, 0.25) is 5.78 Å². The SMILES string of the molecule is Cc1c(OC(=O)c2cccc(F)c2)ccc2c1O/C(=C\c1ccncc1)C2=O. The molecule has 28 heavy (non-hydrogen) atoms. The van der Waals surface area contributed by atoms with Gasteiger partial charge in [0.1, 0.15) is 17.3 Å². The molecule has 0 atom stereocenters. The van der Waals surface area contributed by atoms with Gasteiger partial charge in [-0.15, -0.1) is 0 Å². The van der Waals surface area contributed by atoms with Gasteiger partial charge in [-0.2, -0.15) is 0 Å². The van der Waals surface area contributed by atoms with Gasteiger partial charge in [0, 0.05) is 18.0 Å². The number of hydrogen-bond acceptors (Lipinski definition) is 5. The number of carbonyl (C=O) groups excluding carboxylic acids is 2. The Labute approximate surface area is 160 Å². The Morgan fingerprint density at radius 1 is 1.14 bits per heavy atom. The summed E-state index contributed by atoms with van der Waals surface area (Å²) < 4.78 is 24.4. The minimum Gasteiger partial charge on any atom is -0.452 e. The molecule has 1 aliphatic heterocycles. The number of Topliss-reactive ketones (excluding diaryl/α,β-unsaturated/α-hetero) is 1. The minimum atomic E-state index is -0.695. The Kier molecular flexibility index (Phi) is 4.45. The molecule has 0 radical (unpaired) electrons. The third kappa shape index (κ3) is 3.27. The smallest absolute Gasteiger partial charge is 0.343 e. The van der Waals surface area contributed by atoms with Crippen LogP contribution >= 0.6 is 0 Å². The van der Waals surface area contributed by atoms with Crippen molar-refractivity contribution in [3.8, 4) is 11.5 Å². The monoisotopic (exact) mass is 375 g/mol. The highest BCUT2D eigenvalue weighted by Gasteiger charge is 2.30. The Bertz CT molecular complexity index is 1120. The molecule has 0 saturated carbocycles. The van der Waals surface area contributed by atoms with E-state index >= 15 is 0 Å². The third-order valence-corrected chi connectivity index (χ3v) is 4.30. The van der Waals surface area contributed by atoms with Crippen molar-refractivity contribution in [2.75, 3.05) is 0 Å². The van der Waals surface area contributed by atoms with E-state index in [4.69, 9.17) is 9.47 Å². The van der Waals surface area contributed by atoms with Crippen molar-refractivity contribution in [1.82, 2.24) is 4.98 Å². The Morgan fingerprint density at radius 2 is 1.93 bits per heavy atom. The molecule has 1 aromatic heterocycles. The molecule has 4 rings (SSSR count). The fourth-order valence-corrected chi connectivity index (χ4v) is 2.86. The number of hydrogen-bond donors (Lipinski definition) is 0. The van der Waals surface area contributed by atoms with Gasteiger partial charge < -0.3 is 9.47 Å². The summed E-state index contributed by atoms with van der Waals surface area (Å²) in [7, 11) is 0. The molecule has 0 amide bonds. The van der Waals surface area contributed by atoms with E-state index < -0.39 is 11.8 Å². The van der Waals surface area contributed by atoms with Gasteiger partial charge >= 0.3 is 5.97 Å². The van der Waals surface area contributed by atoms with Gasteiger partial charge in [-0.3, -0.25) is 9.78 Å². The first-order valence-electron chi connectivity index (χ1n) is 8.48. The number of esters is 1. The number of benzene rings is 2. The lowest BCUT2D eigenvalue weighted by molar-refractivity contribution is 0.0732. The zero-order chi connectivity index (χ0) is 19.7. The van der Waals surface area contributed by atoms with E-state index in [-0.39, 0.29) is 22.9 Å². The van der Waals surface area contributed by atoms with E-state index in [0.29, 0.717) is 16.9 Å². The molecule has 1 aliphatic rings. The predicted molar refractivity (Wildman–Crippen MR) is 99.7 cm³/mol. The lowest BCUT2D eigenvalue weighted by Gasteiger charge is -2.10. The molecule has 2 heterocycles. The van der Waals surface area contributed by atoms with Gasteiger partial charge in [-0.1, -0.05) is 6.07 Å². The Hall–Kier alpha value is -3.80. The highest BCUT2D eigenvalue weighted by Crippen LogP contribution is 2.39. The van der Waals surface area contributed by atoms with Crippen molar-refractivity contribution in [3.63, 3.8) is 0 Å². The molecule has 0 N–H and O–H groups in total. The second-order valence-electron chi connectivity index (χ2n) is 6.19. The van der Waals surface area contributed by atoms with E-state index in [2.05, 4.69) is 4.98 Å². The van der Waals surface area contributed by atoms with Crippen LogP contribution in [-0.2, 0) is 0 Å². The molecule has 0 aliphatic carbocycles. The highest BCUT2D eigenvalue weighted by atomic mass is 19.1. The summed E-state index contributed by atoms with van der Waals surface area (Å²) in [5.41, 5.74) is 1.77. The van der Waals surface area contributed by atoms with Gasteiger partial charge in [-0.25, -0.2) is 9.18 Å². The number of ketones is 1. The van der Waals surface area contributed by atoms with E-state index in [1.54, 1.807) is 43.6 Å². The summed E-state index contributed by atoms with van der Waals surface area (Å²) in [5.74, 6) is -0.712. The molecule has 2 aromatic carbocycles. The second kappa shape index (κ2) is 7.08. The summed E-state index contributed by atoms with van der Waals surface area (Å²) >= 11 is 0. The predicted octanol–water partition coefficient (Wildman–Crippen LogP) is 4.36. The molecule has 0 spiro atoms. The molecular weight excluding hydrogens is 361 g/mol. The summed E-state index contributed by atoms with van der Waals surface area (Å²) in [6.45, 7) is 1.69. The Balaban J connectivity index is 1.62. The van der Waals surface area contributed by atoms with Crippen LogP contribution in [0.4, 0.5) is 4.39 Å². The number of pyridine rings is 1. The summed E-state index contributed by atoms with van der Waals surface area (Å²) in [6.07, 6.45) is 4.87. The number of ether oxygens (including phenoxy) is 2. The van der Waals surface area contributed by atoms with Crippen molar-refractivity contribution in [2.45, 2.75) is 6.92 Å². The maximum atomic E-state index is 13.3. The molecule has 5 nitrogen and oxygen atoms in total. The first-order valence-corrected chi connectivity index (χ1v) is 8.48. The van der Waals surface area contributed by atoms with E-state index in [1.807, 2.05) is 0 Å². The number of halogens is 1.